The largest absolute Gasteiger partial charge is 0.375 e. The van der Waals surface area contributed by atoms with Gasteiger partial charge in [-0.15, -0.1) is 0 Å². The zero-order chi connectivity index (χ0) is 11.3. The number of hydrogen-bond donors (Lipinski definition) is 2. The molecule has 0 aliphatic heterocycles. The first kappa shape index (κ1) is 11.1. The van der Waals surface area contributed by atoms with Crippen molar-refractivity contribution in [3.8, 4) is 0 Å². The van der Waals surface area contributed by atoms with Crippen molar-refractivity contribution in [2.75, 3.05) is 0 Å². The highest BCUT2D eigenvalue weighted by Gasteiger charge is 2.03. The fourth-order valence-corrected chi connectivity index (χ4v) is 0.942. The molecule has 0 aromatic heterocycles. The molecule has 3 N–H and O–H groups in total. The Bertz CT molecular complexity index is 419. The molecule has 0 radical (unpaired) electrons. The molecule has 0 spiro atoms. The minimum Gasteiger partial charge on any atom is -0.375 e. The lowest BCUT2D eigenvalue weighted by molar-refractivity contribution is -0.384. The van der Waals surface area contributed by atoms with Crippen LogP contribution in [0.3, 0.4) is 0 Å². The molecule has 0 aliphatic carbocycles. The molecule has 6 nitrogen and oxygen atoms in total. The maximum atomic E-state index is 10.4. The summed E-state index contributed by atoms with van der Waals surface area (Å²) in [5.41, 5.74) is 8.08. The topological polar surface area (TPSA) is 93.5 Å². The van der Waals surface area contributed by atoms with Crippen LogP contribution in [-0.2, 0) is 0 Å². The monoisotopic (exact) mass is 224 g/mol. The molecule has 0 fully saturated rings. The molecule has 1 aromatic rings. The average molecular weight is 224 g/mol. The summed E-state index contributed by atoms with van der Waals surface area (Å²) in [6.07, 6.45) is 1.40. The van der Waals surface area contributed by atoms with Crippen molar-refractivity contribution < 1.29 is 4.92 Å². The summed E-state index contributed by atoms with van der Waals surface area (Å²) < 4.78 is 0. The van der Waals surface area contributed by atoms with Crippen molar-refractivity contribution >= 4 is 29.2 Å². The van der Waals surface area contributed by atoms with E-state index in [-0.39, 0.29) is 10.8 Å². The SMILES string of the molecule is NC(=S)N/N=C\c1cccc([N+](=O)[O-])c1. The van der Waals surface area contributed by atoms with Gasteiger partial charge in [0.1, 0.15) is 0 Å². The van der Waals surface area contributed by atoms with E-state index in [9.17, 15) is 10.1 Å². The number of rotatable bonds is 3. The van der Waals surface area contributed by atoms with Crippen LogP contribution >= 0.6 is 12.2 Å². The van der Waals surface area contributed by atoms with Crippen LogP contribution < -0.4 is 11.2 Å². The first-order chi connectivity index (χ1) is 7.09. The predicted molar refractivity (Wildman–Crippen MR) is 60.6 cm³/mol. The van der Waals surface area contributed by atoms with E-state index in [1.54, 1.807) is 12.1 Å². The number of nitrogens with two attached hydrogens (primary N) is 1. The second-order valence-corrected chi connectivity index (χ2v) is 3.03. The van der Waals surface area contributed by atoms with Gasteiger partial charge in [-0.2, -0.15) is 5.10 Å². The number of nitro benzene ring substituents is 1. The van der Waals surface area contributed by atoms with E-state index in [2.05, 4.69) is 22.7 Å². The Morgan fingerprint density at radius 1 is 1.67 bits per heavy atom. The van der Waals surface area contributed by atoms with Gasteiger partial charge in [0.05, 0.1) is 11.1 Å². The molecule has 1 aromatic carbocycles. The molecule has 0 heterocycles. The summed E-state index contributed by atoms with van der Waals surface area (Å²) in [4.78, 5) is 9.97. The summed E-state index contributed by atoms with van der Waals surface area (Å²) in [6.45, 7) is 0. The molecule has 0 saturated heterocycles. The van der Waals surface area contributed by atoms with Crippen LogP contribution in [0, 0.1) is 10.1 Å². The van der Waals surface area contributed by atoms with Gasteiger partial charge in [0, 0.05) is 17.7 Å². The molecular formula is C8H8N4O2S. The Morgan fingerprint density at radius 3 is 3.00 bits per heavy atom. The zero-order valence-corrected chi connectivity index (χ0v) is 8.40. The number of nitrogens with zero attached hydrogens (tertiary/aromatic N) is 2. The van der Waals surface area contributed by atoms with Crippen LogP contribution in [-0.4, -0.2) is 16.3 Å². The van der Waals surface area contributed by atoms with Gasteiger partial charge in [0.2, 0.25) is 0 Å². The Kier molecular flexibility index (Phi) is 3.69. The number of benzene rings is 1. The van der Waals surface area contributed by atoms with Crippen LogP contribution in [0.25, 0.3) is 0 Å². The van der Waals surface area contributed by atoms with Gasteiger partial charge in [-0.3, -0.25) is 15.5 Å². The summed E-state index contributed by atoms with van der Waals surface area (Å²) in [5, 5.41) is 14.2. The number of hydrazone groups is 1. The molecule has 0 amide bonds. The third kappa shape index (κ3) is 3.69. The highest BCUT2D eigenvalue weighted by Crippen LogP contribution is 2.11. The first-order valence-electron chi connectivity index (χ1n) is 3.92. The highest BCUT2D eigenvalue weighted by atomic mass is 32.1. The third-order valence-electron chi connectivity index (χ3n) is 1.47. The Balaban J connectivity index is 2.78. The Labute approximate surface area is 90.9 Å². The van der Waals surface area contributed by atoms with E-state index in [4.69, 9.17) is 5.73 Å². The van der Waals surface area contributed by atoms with Gasteiger partial charge in [-0.1, -0.05) is 12.1 Å². The molecule has 15 heavy (non-hydrogen) atoms. The molecule has 7 heteroatoms. The van der Waals surface area contributed by atoms with Crippen molar-refractivity contribution in [3.63, 3.8) is 0 Å². The van der Waals surface area contributed by atoms with Gasteiger partial charge in [0.15, 0.2) is 5.11 Å². The molecule has 0 atom stereocenters. The fraction of sp³-hybridized carbons (Fsp3) is 0. The second kappa shape index (κ2) is 5.01. The van der Waals surface area contributed by atoms with Crippen molar-refractivity contribution in [2.24, 2.45) is 10.8 Å². The van der Waals surface area contributed by atoms with Gasteiger partial charge < -0.3 is 5.73 Å². The molecule has 0 unspecified atom stereocenters. The van der Waals surface area contributed by atoms with E-state index in [1.807, 2.05) is 0 Å². The standard InChI is InChI=1S/C8H8N4O2S/c9-8(15)11-10-5-6-2-1-3-7(4-6)12(13)14/h1-5H,(H3,9,11,15)/b10-5-. The van der Waals surface area contributed by atoms with Crippen molar-refractivity contribution in [3.05, 3.63) is 39.9 Å². The second-order valence-electron chi connectivity index (χ2n) is 2.59. The van der Waals surface area contributed by atoms with E-state index in [1.165, 1.54) is 18.3 Å². The molecule has 1 rings (SSSR count). The lowest BCUT2D eigenvalue weighted by Crippen LogP contribution is -2.23. The lowest BCUT2D eigenvalue weighted by Gasteiger charge is -1.95. The number of hydrogen-bond acceptors (Lipinski definition) is 4. The van der Waals surface area contributed by atoms with Crippen LogP contribution in [0.4, 0.5) is 5.69 Å². The van der Waals surface area contributed by atoms with Gasteiger partial charge >= 0.3 is 0 Å². The quantitative estimate of drug-likeness (QED) is 0.342. The maximum absolute atomic E-state index is 10.4. The van der Waals surface area contributed by atoms with Gasteiger partial charge in [-0.05, 0) is 12.2 Å². The molecule has 0 aliphatic rings. The molecule has 78 valence electrons. The lowest BCUT2D eigenvalue weighted by atomic mass is 10.2. The number of nitrogens with one attached hydrogen (secondary N) is 1. The number of non-ortho nitro benzene ring substituents is 1. The number of thiocarbonyl (C=S) groups is 1. The summed E-state index contributed by atoms with van der Waals surface area (Å²) in [5.74, 6) is 0. The molecular weight excluding hydrogens is 216 g/mol. The zero-order valence-electron chi connectivity index (χ0n) is 7.58. The van der Waals surface area contributed by atoms with Crippen LogP contribution in [0.5, 0.6) is 0 Å². The minimum absolute atomic E-state index is 0.00859. The summed E-state index contributed by atoms with van der Waals surface area (Å²) in [7, 11) is 0. The van der Waals surface area contributed by atoms with Crippen molar-refractivity contribution in [1.82, 2.24) is 5.43 Å². The van der Waals surface area contributed by atoms with E-state index >= 15 is 0 Å². The Morgan fingerprint density at radius 2 is 2.40 bits per heavy atom. The van der Waals surface area contributed by atoms with Crippen LogP contribution in [0.1, 0.15) is 5.56 Å². The predicted octanol–water partition coefficient (Wildman–Crippen LogP) is 0.762. The average Bonchev–Trinajstić information content (AvgIpc) is 2.17. The van der Waals surface area contributed by atoms with Crippen LogP contribution in [0.15, 0.2) is 29.4 Å². The van der Waals surface area contributed by atoms with Crippen molar-refractivity contribution in [1.29, 1.82) is 0 Å². The van der Waals surface area contributed by atoms with Gasteiger partial charge in [-0.25, -0.2) is 0 Å². The maximum Gasteiger partial charge on any atom is 0.270 e. The molecule has 0 bridgehead atoms. The minimum atomic E-state index is -0.474. The van der Waals surface area contributed by atoms with Crippen LogP contribution in [0.2, 0.25) is 0 Å². The summed E-state index contributed by atoms with van der Waals surface area (Å²) >= 11 is 4.52. The van der Waals surface area contributed by atoms with E-state index in [0.717, 1.165) is 0 Å². The Hall–Kier alpha value is -2.02. The van der Waals surface area contributed by atoms with Crippen molar-refractivity contribution in [2.45, 2.75) is 0 Å². The summed E-state index contributed by atoms with van der Waals surface area (Å²) in [6, 6.07) is 6.04. The molecule has 0 saturated carbocycles. The first-order valence-corrected chi connectivity index (χ1v) is 4.33. The highest BCUT2D eigenvalue weighted by molar-refractivity contribution is 7.80. The van der Waals surface area contributed by atoms with Gasteiger partial charge in [0.25, 0.3) is 5.69 Å². The fourth-order valence-electron chi connectivity index (χ4n) is 0.889. The van der Waals surface area contributed by atoms with E-state index in [0.29, 0.717) is 5.56 Å². The third-order valence-corrected chi connectivity index (χ3v) is 1.56. The normalized spacial score (nSPS) is 10.1. The smallest absolute Gasteiger partial charge is 0.270 e. The van der Waals surface area contributed by atoms with E-state index < -0.39 is 4.92 Å². The number of nitro groups is 1.